The summed E-state index contributed by atoms with van der Waals surface area (Å²) in [6.07, 6.45) is -0.276. The van der Waals surface area contributed by atoms with Crippen molar-refractivity contribution in [3.05, 3.63) is 0 Å². The minimum absolute atomic E-state index is 0.00541. The van der Waals surface area contributed by atoms with Crippen LogP contribution in [0.5, 0.6) is 0 Å². The fourth-order valence-corrected chi connectivity index (χ4v) is 3.21. The molecule has 2 aliphatic rings. The highest BCUT2D eigenvalue weighted by Gasteiger charge is 2.41. The standard InChI is InChI=1S/C14H23F3N2O/c15-14(16,17)11-3-5-12(6-4-11)19-13(20)8-10-2-1-7-18-9-10/h10-12,18H,1-9H2,(H,19,20). The van der Waals surface area contributed by atoms with Crippen LogP contribution in [-0.4, -0.2) is 31.2 Å². The predicted octanol–water partition coefficient (Wildman–Crippen LogP) is 2.61. The summed E-state index contributed by atoms with van der Waals surface area (Å²) in [7, 11) is 0. The van der Waals surface area contributed by atoms with Gasteiger partial charge < -0.3 is 10.6 Å². The number of carbonyl (C=O) groups excluding carboxylic acids is 1. The van der Waals surface area contributed by atoms with Crippen LogP contribution in [0.4, 0.5) is 13.2 Å². The monoisotopic (exact) mass is 292 g/mol. The number of amides is 1. The van der Waals surface area contributed by atoms with Crippen molar-refractivity contribution in [2.24, 2.45) is 11.8 Å². The van der Waals surface area contributed by atoms with Crippen molar-refractivity contribution in [1.82, 2.24) is 10.6 Å². The highest BCUT2D eigenvalue weighted by Crippen LogP contribution is 2.37. The van der Waals surface area contributed by atoms with Gasteiger partial charge in [-0.25, -0.2) is 0 Å². The zero-order valence-corrected chi connectivity index (χ0v) is 11.6. The molecule has 2 fully saturated rings. The molecule has 0 bridgehead atoms. The lowest BCUT2D eigenvalue weighted by atomic mass is 9.85. The van der Waals surface area contributed by atoms with Gasteiger partial charge in [0.25, 0.3) is 0 Å². The van der Waals surface area contributed by atoms with E-state index in [-0.39, 0.29) is 24.8 Å². The lowest BCUT2D eigenvalue weighted by Gasteiger charge is -2.31. The van der Waals surface area contributed by atoms with Gasteiger partial charge >= 0.3 is 6.18 Å². The molecule has 1 heterocycles. The molecule has 0 spiro atoms. The molecule has 1 saturated heterocycles. The third kappa shape index (κ3) is 4.65. The first-order valence-electron chi connectivity index (χ1n) is 7.52. The van der Waals surface area contributed by atoms with Crippen LogP contribution in [0.1, 0.15) is 44.9 Å². The van der Waals surface area contributed by atoms with E-state index in [1.165, 1.54) is 0 Å². The average molecular weight is 292 g/mol. The van der Waals surface area contributed by atoms with Crippen LogP contribution < -0.4 is 10.6 Å². The Labute approximate surface area is 117 Å². The molecule has 0 radical (unpaired) electrons. The molecule has 1 saturated carbocycles. The van der Waals surface area contributed by atoms with Crippen LogP contribution in [0.3, 0.4) is 0 Å². The highest BCUT2D eigenvalue weighted by molar-refractivity contribution is 5.76. The van der Waals surface area contributed by atoms with E-state index in [1.807, 2.05) is 0 Å². The van der Waals surface area contributed by atoms with Crippen LogP contribution in [0.15, 0.2) is 0 Å². The summed E-state index contributed by atoms with van der Waals surface area (Å²) in [5.41, 5.74) is 0. The Morgan fingerprint density at radius 1 is 1.15 bits per heavy atom. The number of halogens is 3. The molecule has 1 unspecified atom stereocenters. The fourth-order valence-electron chi connectivity index (χ4n) is 3.21. The van der Waals surface area contributed by atoms with E-state index in [4.69, 9.17) is 0 Å². The molecule has 0 aromatic heterocycles. The van der Waals surface area contributed by atoms with Gasteiger partial charge in [0, 0.05) is 12.5 Å². The maximum atomic E-state index is 12.5. The van der Waals surface area contributed by atoms with E-state index >= 15 is 0 Å². The maximum Gasteiger partial charge on any atom is 0.391 e. The minimum atomic E-state index is -4.08. The number of alkyl halides is 3. The number of rotatable bonds is 3. The first kappa shape index (κ1) is 15.6. The van der Waals surface area contributed by atoms with Gasteiger partial charge in [-0.2, -0.15) is 13.2 Å². The van der Waals surface area contributed by atoms with Crippen molar-refractivity contribution < 1.29 is 18.0 Å². The molecule has 6 heteroatoms. The lowest BCUT2D eigenvalue weighted by molar-refractivity contribution is -0.182. The first-order chi connectivity index (χ1) is 9.45. The molecule has 0 aromatic rings. The quantitative estimate of drug-likeness (QED) is 0.839. The third-order valence-corrected chi connectivity index (χ3v) is 4.43. The van der Waals surface area contributed by atoms with Gasteiger partial charge in [-0.05, 0) is 57.5 Å². The topological polar surface area (TPSA) is 41.1 Å². The number of nitrogens with one attached hydrogen (secondary N) is 2. The van der Waals surface area contributed by atoms with Crippen molar-refractivity contribution in [3.8, 4) is 0 Å². The lowest BCUT2D eigenvalue weighted by Crippen LogP contribution is -2.41. The van der Waals surface area contributed by atoms with Crippen LogP contribution in [0.2, 0.25) is 0 Å². The Kier molecular flexibility index (Phi) is 5.29. The van der Waals surface area contributed by atoms with Crippen molar-refractivity contribution in [1.29, 1.82) is 0 Å². The minimum Gasteiger partial charge on any atom is -0.353 e. The second kappa shape index (κ2) is 6.78. The molecular weight excluding hydrogens is 269 g/mol. The molecule has 2 N–H and O–H groups in total. The van der Waals surface area contributed by atoms with Crippen molar-refractivity contribution in [2.75, 3.05) is 13.1 Å². The Balaban J connectivity index is 1.68. The Bertz CT molecular complexity index is 319. The SMILES string of the molecule is O=C(CC1CCCNC1)NC1CCC(C(F)(F)F)CC1. The fraction of sp³-hybridized carbons (Fsp3) is 0.929. The molecule has 20 heavy (non-hydrogen) atoms. The highest BCUT2D eigenvalue weighted by atomic mass is 19.4. The maximum absolute atomic E-state index is 12.5. The third-order valence-electron chi connectivity index (χ3n) is 4.43. The number of hydrogen-bond acceptors (Lipinski definition) is 2. The molecule has 1 atom stereocenters. The summed E-state index contributed by atoms with van der Waals surface area (Å²) in [6, 6.07) is -0.0716. The summed E-state index contributed by atoms with van der Waals surface area (Å²) >= 11 is 0. The van der Waals surface area contributed by atoms with Crippen molar-refractivity contribution in [3.63, 3.8) is 0 Å². The Morgan fingerprint density at radius 2 is 1.85 bits per heavy atom. The largest absolute Gasteiger partial charge is 0.391 e. The molecule has 1 aliphatic heterocycles. The van der Waals surface area contributed by atoms with E-state index in [1.54, 1.807) is 0 Å². The van der Waals surface area contributed by atoms with Gasteiger partial charge in [0.1, 0.15) is 0 Å². The molecule has 1 aliphatic carbocycles. The Hall–Kier alpha value is -0.780. The van der Waals surface area contributed by atoms with Gasteiger partial charge in [0.05, 0.1) is 5.92 Å². The molecule has 3 nitrogen and oxygen atoms in total. The predicted molar refractivity (Wildman–Crippen MR) is 70.2 cm³/mol. The molecule has 1 amide bonds. The zero-order valence-electron chi connectivity index (χ0n) is 11.6. The molecular formula is C14H23F3N2O. The van der Waals surface area contributed by atoms with Gasteiger partial charge in [-0.3, -0.25) is 4.79 Å². The second-order valence-electron chi connectivity index (χ2n) is 6.07. The van der Waals surface area contributed by atoms with Gasteiger partial charge in [0.15, 0.2) is 0 Å². The van der Waals surface area contributed by atoms with Crippen LogP contribution >= 0.6 is 0 Å². The average Bonchev–Trinajstić information content (AvgIpc) is 2.39. The molecule has 0 aromatic carbocycles. The zero-order chi connectivity index (χ0) is 14.6. The molecule has 116 valence electrons. The number of carbonyl (C=O) groups is 1. The smallest absolute Gasteiger partial charge is 0.353 e. The van der Waals surface area contributed by atoms with Gasteiger partial charge in [-0.15, -0.1) is 0 Å². The number of hydrogen-bond donors (Lipinski definition) is 2. The van der Waals surface area contributed by atoms with Gasteiger partial charge in [0.2, 0.25) is 5.91 Å². The van der Waals surface area contributed by atoms with Crippen molar-refractivity contribution in [2.45, 2.75) is 57.2 Å². The first-order valence-corrected chi connectivity index (χ1v) is 7.52. The van der Waals surface area contributed by atoms with E-state index in [2.05, 4.69) is 10.6 Å². The number of piperidine rings is 1. The van der Waals surface area contributed by atoms with Crippen LogP contribution in [0, 0.1) is 11.8 Å². The summed E-state index contributed by atoms with van der Waals surface area (Å²) in [4.78, 5) is 11.9. The molecule has 2 rings (SSSR count). The Morgan fingerprint density at radius 3 is 2.40 bits per heavy atom. The van der Waals surface area contributed by atoms with Gasteiger partial charge in [-0.1, -0.05) is 0 Å². The normalized spacial score (nSPS) is 31.9. The summed E-state index contributed by atoms with van der Waals surface area (Å²) in [5, 5.41) is 6.17. The summed E-state index contributed by atoms with van der Waals surface area (Å²) in [5.74, 6) is -0.817. The van der Waals surface area contributed by atoms with E-state index < -0.39 is 12.1 Å². The summed E-state index contributed by atoms with van der Waals surface area (Å²) < 4.78 is 37.6. The van der Waals surface area contributed by atoms with Crippen LogP contribution in [-0.2, 0) is 4.79 Å². The second-order valence-corrected chi connectivity index (χ2v) is 6.07. The van der Waals surface area contributed by atoms with E-state index in [0.29, 0.717) is 25.2 Å². The summed E-state index contributed by atoms with van der Waals surface area (Å²) in [6.45, 7) is 1.88. The van der Waals surface area contributed by atoms with E-state index in [0.717, 1.165) is 25.9 Å². The van der Waals surface area contributed by atoms with Crippen LogP contribution in [0.25, 0.3) is 0 Å². The van der Waals surface area contributed by atoms with Crippen molar-refractivity contribution >= 4 is 5.91 Å². The van der Waals surface area contributed by atoms with E-state index in [9.17, 15) is 18.0 Å².